The molecule has 0 aliphatic carbocycles. The molecule has 0 amide bonds. The molecule has 0 spiro atoms. The molecule has 0 fully saturated rings. The lowest BCUT2D eigenvalue weighted by molar-refractivity contribution is 0.432. The van der Waals surface area contributed by atoms with Gasteiger partial charge >= 0.3 is 19.3 Å². The number of hydrogen-bond donors (Lipinski definition) is 0. The van der Waals surface area contributed by atoms with Crippen LogP contribution < -0.4 is 0 Å². The molecule has 0 radical (unpaired) electrons. The van der Waals surface area contributed by atoms with E-state index < -0.39 is 0 Å². The van der Waals surface area contributed by atoms with Crippen molar-refractivity contribution in [3.05, 3.63) is 0 Å². The van der Waals surface area contributed by atoms with Gasteiger partial charge in [-0.1, -0.05) is 52.4 Å². The van der Waals surface area contributed by atoms with E-state index in [9.17, 15) is 0 Å². The smallest absolute Gasteiger partial charge is 0.346 e. The topological polar surface area (TPSA) is 0 Å². The molecular formula is C10H21ClMg. The number of unbranched alkanes of at least 4 members (excludes halogenated alkanes) is 2. The number of rotatable bonds is 8. The van der Waals surface area contributed by atoms with Crippen LogP contribution in [-0.4, -0.2) is 19.3 Å². The Kier molecular flexibility index (Phi) is 11.0. The van der Waals surface area contributed by atoms with E-state index >= 15 is 0 Å². The summed E-state index contributed by atoms with van der Waals surface area (Å²) in [5.74, 6) is 0.984. The first-order valence-electron chi connectivity index (χ1n) is 5.41. The molecule has 70 valence electrons. The van der Waals surface area contributed by atoms with Crippen LogP contribution in [0.15, 0.2) is 0 Å². The maximum Gasteiger partial charge on any atom is 0.501 e. The summed E-state index contributed by atoms with van der Waals surface area (Å²) in [6.45, 7) is 4.61. The quantitative estimate of drug-likeness (QED) is 0.406. The lowest BCUT2D eigenvalue weighted by Crippen LogP contribution is -1.96. The van der Waals surface area contributed by atoms with E-state index in [1.807, 2.05) is 0 Å². The molecule has 0 aromatic rings. The Bertz CT molecular complexity index is 81.9. The molecule has 12 heavy (non-hydrogen) atoms. The molecule has 0 N–H and O–H groups in total. The van der Waals surface area contributed by atoms with E-state index in [0.717, 1.165) is 5.92 Å². The lowest BCUT2D eigenvalue weighted by Gasteiger charge is -2.10. The predicted molar refractivity (Wildman–Crippen MR) is 59.0 cm³/mol. The van der Waals surface area contributed by atoms with Crippen LogP contribution in [0.5, 0.6) is 0 Å². The average molecular weight is 201 g/mol. The highest BCUT2D eigenvalue weighted by Crippen LogP contribution is 2.16. The molecule has 0 bridgehead atoms. The minimum Gasteiger partial charge on any atom is -0.346 e. The summed E-state index contributed by atoms with van der Waals surface area (Å²) >= 11 is -0.172. The molecular weight excluding hydrogens is 180 g/mol. The predicted octanol–water partition coefficient (Wildman–Crippen LogP) is 4.26. The van der Waals surface area contributed by atoms with Crippen LogP contribution in [0, 0.1) is 5.92 Å². The van der Waals surface area contributed by atoms with Crippen LogP contribution >= 0.6 is 9.07 Å². The first-order chi connectivity index (χ1) is 5.85. The largest absolute Gasteiger partial charge is 0.501 e. The SMILES string of the molecule is CCC(CC)CCCC[CH2][Mg][Cl]. The summed E-state index contributed by atoms with van der Waals surface area (Å²) in [7, 11) is 5.74. The number of halogens is 1. The Hall–Kier alpha value is 1.06. The zero-order valence-corrected chi connectivity index (χ0v) is 10.8. The summed E-state index contributed by atoms with van der Waals surface area (Å²) < 4.78 is 1.34. The third-order valence-electron chi connectivity index (χ3n) is 2.65. The summed E-state index contributed by atoms with van der Waals surface area (Å²) in [5, 5.41) is 0. The normalized spacial score (nSPS) is 10.3. The van der Waals surface area contributed by atoms with E-state index in [1.54, 1.807) is 0 Å². The Morgan fingerprint density at radius 3 is 2.25 bits per heavy atom. The zero-order valence-electron chi connectivity index (χ0n) is 8.61. The van der Waals surface area contributed by atoms with Crippen molar-refractivity contribution < 1.29 is 0 Å². The molecule has 0 aliphatic heterocycles. The summed E-state index contributed by atoms with van der Waals surface area (Å²) in [6.07, 6.45) is 8.39. The van der Waals surface area contributed by atoms with Crippen LogP contribution in [-0.2, 0) is 0 Å². The lowest BCUT2D eigenvalue weighted by atomic mass is 9.96. The van der Waals surface area contributed by atoms with Crippen LogP contribution in [0.4, 0.5) is 0 Å². The van der Waals surface area contributed by atoms with Gasteiger partial charge in [-0.2, -0.15) is 0 Å². The van der Waals surface area contributed by atoms with Gasteiger partial charge in [0.15, 0.2) is 0 Å². The standard InChI is InChI=1S/C10H21.ClH.Mg/c1-4-7-8-9-10(5-2)6-3;;/h10H,1,4-9H2,2-3H3;1H;/q;;+1/p-1. The Morgan fingerprint density at radius 2 is 1.75 bits per heavy atom. The molecule has 0 nitrogen and oxygen atoms in total. The van der Waals surface area contributed by atoms with Gasteiger partial charge in [0.25, 0.3) is 0 Å². The van der Waals surface area contributed by atoms with Crippen LogP contribution in [0.25, 0.3) is 0 Å². The highest BCUT2D eigenvalue weighted by atomic mass is 35.5. The Morgan fingerprint density at radius 1 is 1.08 bits per heavy atom. The molecule has 0 aromatic carbocycles. The van der Waals surface area contributed by atoms with Gasteiger partial charge in [0.1, 0.15) is 0 Å². The van der Waals surface area contributed by atoms with Gasteiger partial charge in [0.2, 0.25) is 0 Å². The fourth-order valence-electron chi connectivity index (χ4n) is 1.58. The zero-order chi connectivity index (χ0) is 9.23. The van der Waals surface area contributed by atoms with Crippen LogP contribution in [0.3, 0.4) is 0 Å². The highest BCUT2D eigenvalue weighted by molar-refractivity contribution is 6.93. The summed E-state index contributed by atoms with van der Waals surface area (Å²) in [6, 6.07) is 0. The molecule has 0 saturated carbocycles. The summed E-state index contributed by atoms with van der Waals surface area (Å²) in [5.41, 5.74) is 0. The molecule has 0 saturated heterocycles. The van der Waals surface area contributed by atoms with Crippen LogP contribution in [0.1, 0.15) is 52.4 Å². The first-order valence-corrected chi connectivity index (χ1v) is 8.54. The maximum absolute atomic E-state index is 5.74. The van der Waals surface area contributed by atoms with Crippen LogP contribution in [0.2, 0.25) is 4.55 Å². The minimum absolute atomic E-state index is 0.172. The maximum atomic E-state index is 5.74. The van der Waals surface area contributed by atoms with Gasteiger partial charge in [-0.3, -0.25) is 0 Å². The van der Waals surface area contributed by atoms with Crippen molar-refractivity contribution in [3.63, 3.8) is 0 Å². The van der Waals surface area contributed by atoms with Gasteiger partial charge in [-0.05, 0) is 5.92 Å². The second-order valence-electron chi connectivity index (χ2n) is 3.57. The fraction of sp³-hybridized carbons (Fsp3) is 1.00. The molecule has 0 atom stereocenters. The third kappa shape index (κ3) is 7.69. The highest BCUT2D eigenvalue weighted by Gasteiger charge is 2.02. The van der Waals surface area contributed by atoms with Crippen molar-refractivity contribution in [1.82, 2.24) is 0 Å². The Balaban J connectivity index is 3.06. The molecule has 0 heterocycles. The summed E-state index contributed by atoms with van der Waals surface area (Å²) in [4.78, 5) is 0. The van der Waals surface area contributed by atoms with E-state index in [2.05, 4.69) is 13.8 Å². The monoisotopic (exact) mass is 200 g/mol. The molecule has 0 rings (SSSR count). The first kappa shape index (κ1) is 13.1. The molecule has 0 unspecified atom stereocenters. The second-order valence-corrected chi connectivity index (χ2v) is 5.79. The second kappa shape index (κ2) is 10.1. The van der Waals surface area contributed by atoms with Gasteiger partial charge in [0.05, 0.1) is 0 Å². The van der Waals surface area contributed by atoms with E-state index in [4.69, 9.17) is 9.07 Å². The van der Waals surface area contributed by atoms with Gasteiger partial charge in [-0.25, -0.2) is 0 Å². The molecule has 0 aromatic heterocycles. The Labute approximate surface area is 90.9 Å². The molecule has 0 aliphatic rings. The van der Waals surface area contributed by atoms with Crippen molar-refractivity contribution in [2.45, 2.75) is 56.9 Å². The fourth-order valence-corrected chi connectivity index (χ4v) is 2.69. The minimum atomic E-state index is -0.172. The van der Waals surface area contributed by atoms with Crippen molar-refractivity contribution in [2.75, 3.05) is 0 Å². The van der Waals surface area contributed by atoms with Crippen molar-refractivity contribution in [3.8, 4) is 0 Å². The van der Waals surface area contributed by atoms with Crippen molar-refractivity contribution in [2.24, 2.45) is 5.92 Å². The van der Waals surface area contributed by atoms with Crippen molar-refractivity contribution >= 4 is 28.3 Å². The van der Waals surface area contributed by atoms with E-state index in [-0.39, 0.29) is 19.3 Å². The van der Waals surface area contributed by atoms with Gasteiger partial charge in [0, 0.05) is 0 Å². The molecule has 2 heteroatoms. The van der Waals surface area contributed by atoms with E-state index in [1.165, 1.54) is 43.1 Å². The van der Waals surface area contributed by atoms with Gasteiger partial charge < -0.3 is 9.07 Å². The number of hydrogen-bond acceptors (Lipinski definition) is 0. The van der Waals surface area contributed by atoms with E-state index in [0.29, 0.717) is 0 Å². The van der Waals surface area contributed by atoms with Gasteiger partial charge in [-0.15, -0.1) is 4.55 Å². The van der Waals surface area contributed by atoms with Crippen molar-refractivity contribution in [1.29, 1.82) is 0 Å². The third-order valence-corrected chi connectivity index (χ3v) is 4.22. The average Bonchev–Trinajstić information content (AvgIpc) is 2.11.